The third kappa shape index (κ3) is 8.12. The molecule has 2 aliphatic heterocycles. The van der Waals surface area contributed by atoms with Crippen LogP contribution in [0.15, 0.2) is 37.2 Å². The van der Waals surface area contributed by atoms with Gasteiger partial charge < -0.3 is 55.8 Å². The third-order valence-electron chi connectivity index (χ3n) is 6.98. The largest absolute Gasteiger partial charge is 0.481 e. The van der Waals surface area contributed by atoms with Crippen LogP contribution in [0.2, 0.25) is 0 Å². The van der Waals surface area contributed by atoms with Crippen molar-refractivity contribution in [2.45, 2.75) is 49.1 Å². The molecule has 48 heavy (non-hydrogen) atoms. The minimum absolute atomic E-state index is 0.00286. The van der Waals surface area contributed by atoms with Gasteiger partial charge in [-0.3, -0.25) is 22.9 Å². The number of hydrogen-bond donors (Lipinski definition) is 9. The van der Waals surface area contributed by atoms with Crippen LogP contribution in [0.3, 0.4) is 0 Å². The number of imidazole rings is 1. The van der Waals surface area contributed by atoms with E-state index < -0.39 is 91.7 Å². The number of phosphoric acid groups is 3. The predicted octanol–water partition coefficient (Wildman–Crippen LogP) is -2.90. The molecule has 24 nitrogen and oxygen atoms in total. The van der Waals surface area contributed by atoms with Gasteiger partial charge in [-0.2, -0.15) is 8.88 Å². The van der Waals surface area contributed by atoms with Crippen LogP contribution in [0.5, 0.6) is 0 Å². The van der Waals surface area contributed by atoms with Gasteiger partial charge in [0.1, 0.15) is 47.9 Å². The minimum Gasteiger partial charge on any atom is -0.387 e. The summed E-state index contributed by atoms with van der Waals surface area (Å²) in [5.41, 5.74) is 11.1. The Kier molecular flexibility index (Phi) is 10.5. The molecule has 0 radical (unpaired) electrons. The fourth-order valence-electron chi connectivity index (χ4n) is 4.83. The number of carbonyl (C=O) groups excluding carboxylic acids is 1. The van der Waals surface area contributed by atoms with E-state index >= 15 is 0 Å². The fraction of sp³-hybridized carbons (Fsp3) is 0.476. The molecule has 10 atom stereocenters. The number of aliphatic hydroxyl groups excluding tert-OH is 3. The summed E-state index contributed by atoms with van der Waals surface area (Å²) in [7, 11) is -16.3. The van der Waals surface area contributed by atoms with E-state index in [1.807, 2.05) is 0 Å². The quantitative estimate of drug-likeness (QED) is 0.0626. The average Bonchev–Trinajstić information content (AvgIpc) is 3.64. The number of fused-ring (bicyclic) bond motifs is 1. The second kappa shape index (κ2) is 13.8. The van der Waals surface area contributed by atoms with Crippen LogP contribution in [0.25, 0.3) is 11.2 Å². The van der Waals surface area contributed by atoms with E-state index in [2.05, 4.69) is 23.8 Å². The molecule has 6 unspecified atom stereocenters. The molecule has 0 aromatic carbocycles. The van der Waals surface area contributed by atoms with Crippen molar-refractivity contribution in [2.24, 2.45) is 5.73 Å². The molecule has 2 saturated heterocycles. The molecular weight excluding hydrogens is 715 g/mol. The van der Waals surface area contributed by atoms with E-state index in [0.717, 1.165) is 17.2 Å². The minimum atomic E-state index is -5.52. The van der Waals surface area contributed by atoms with E-state index in [1.54, 1.807) is 0 Å². The summed E-state index contributed by atoms with van der Waals surface area (Å²) in [6.07, 6.45) is -8.39. The van der Waals surface area contributed by atoms with Gasteiger partial charge in [-0.25, -0.2) is 28.6 Å². The number of ether oxygens (including phenoxy) is 2. The number of nitrogens with zero attached hydrogens (tertiary/aromatic N) is 5. The maximum Gasteiger partial charge on any atom is 0.481 e. The number of nitrogen functional groups attached to an aromatic ring is 1. The van der Waals surface area contributed by atoms with Crippen LogP contribution < -0.4 is 16.0 Å². The van der Waals surface area contributed by atoms with Gasteiger partial charge in [0.15, 0.2) is 36.2 Å². The standard InChI is InChI=1S/C21H28N7O17P3/c22-17-12-19(25-7-24-17)28(8-26-12)21-16(44-46(33,34)35)14(30)11(43-21)6-41-48(38,39)45-47(36,37)40-5-10-13(29)15(31)20(42-10)27-3-1-2-9(4-27)18(23)32/h1-4,7-8,10-11,13-16,20-21,29-31H,5-6H2,(H7-,22,23,24,25,32,33,34,35,36,37,38,39)/p+1/t10-,11-,13-,14?,15-,16?,20?,21?/m1/s1. The van der Waals surface area contributed by atoms with Crippen LogP contribution in [-0.2, 0) is 41.1 Å². The van der Waals surface area contributed by atoms with Crippen LogP contribution in [0.1, 0.15) is 22.8 Å². The number of anilines is 1. The summed E-state index contributed by atoms with van der Waals surface area (Å²) < 4.78 is 68.4. The lowest BCUT2D eigenvalue weighted by atomic mass is 10.1. The Hall–Kier alpha value is -2.86. The number of hydrogen-bond acceptors (Lipinski definition) is 17. The molecule has 3 aromatic rings. The van der Waals surface area contributed by atoms with Crippen LogP contribution in [0.4, 0.5) is 5.82 Å². The molecule has 3 aromatic heterocycles. The predicted molar refractivity (Wildman–Crippen MR) is 150 cm³/mol. The molecule has 0 bridgehead atoms. The van der Waals surface area contributed by atoms with Gasteiger partial charge in [0.2, 0.25) is 0 Å². The first-order chi connectivity index (χ1) is 22.4. The summed E-state index contributed by atoms with van der Waals surface area (Å²) >= 11 is 0. The number of aromatic nitrogens is 5. The Morgan fingerprint density at radius 3 is 2.23 bits per heavy atom. The van der Waals surface area contributed by atoms with Crippen molar-refractivity contribution in [2.75, 3.05) is 18.9 Å². The molecule has 2 aliphatic rings. The normalized spacial score (nSPS) is 30.3. The molecule has 5 heterocycles. The Labute approximate surface area is 267 Å². The van der Waals surface area contributed by atoms with Crippen molar-refractivity contribution >= 4 is 46.4 Å². The SMILES string of the molecule is NC(=O)c1ccc[n+](C2O[C@H](COP(=O)(O)OP(=O)(O)OC[C@H]3OC(n4cnc5c(N)ncnc54)C(OP(=O)(O)O)C3O)[C@@H](O)[C@H]2O)c1. The van der Waals surface area contributed by atoms with Crippen molar-refractivity contribution in [1.82, 2.24) is 19.5 Å². The van der Waals surface area contributed by atoms with Crippen molar-refractivity contribution in [3.8, 4) is 0 Å². The lowest BCUT2D eigenvalue weighted by Crippen LogP contribution is -2.46. The van der Waals surface area contributed by atoms with Gasteiger partial charge in [0.25, 0.3) is 12.1 Å². The lowest BCUT2D eigenvalue weighted by molar-refractivity contribution is -0.765. The molecular formula is C21H29N7O17P3+. The number of aliphatic hydroxyl groups is 3. The fourth-order valence-corrected chi connectivity index (χ4v) is 7.47. The molecule has 11 N–H and O–H groups in total. The first-order valence-corrected chi connectivity index (χ1v) is 17.9. The second-order valence-electron chi connectivity index (χ2n) is 10.3. The zero-order valence-electron chi connectivity index (χ0n) is 23.9. The Bertz CT molecular complexity index is 1810. The molecule has 5 rings (SSSR count). The molecule has 2 fully saturated rings. The first kappa shape index (κ1) is 36.4. The molecule has 264 valence electrons. The van der Waals surface area contributed by atoms with Crippen molar-refractivity contribution in [1.29, 1.82) is 0 Å². The highest BCUT2D eigenvalue weighted by Crippen LogP contribution is 2.61. The van der Waals surface area contributed by atoms with Gasteiger partial charge in [-0.1, -0.05) is 0 Å². The highest BCUT2D eigenvalue weighted by atomic mass is 31.3. The number of carbonyl (C=O) groups is 1. The molecule has 0 spiro atoms. The Morgan fingerprint density at radius 1 is 0.958 bits per heavy atom. The first-order valence-electron chi connectivity index (χ1n) is 13.3. The number of rotatable bonds is 13. The Morgan fingerprint density at radius 2 is 1.60 bits per heavy atom. The van der Waals surface area contributed by atoms with Crippen molar-refractivity contribution < 1.29 is 85.3 Å². The smallest absolute Gasteiger partial charge is 0.387 e. The summed E-state index contributed by atoms with van der Waals surface area (Å²) in [6.45, 7) is -2.03. The van der Waals surface area contributed by atoms with Gasteiger partial charge in [-0.05, 0) is 6.07 Å². The highest BCUT2D eigenvalue weighted by molar-refractivity contribution is 7.61. The second-order valence-corrected chi connectivity index (χ2v) is 14.5. The van der Waals surface area contributed by atoms with E-state index in [0.29, 0.717) is 0 Å². The molecule has 1 amide bonds. The number of primary amides is 1. The van der Waals surface area contributed by atoms with Crippen molar-refractivity contribution in [3.63, 3.8) is 0 Å². The van der Waals surface area contributed by atoms with E-state index in [1.165, 1.54) is 29.1 Å². The maximum atomic E-state index is 12.6. The summed E-state index contributed by atoms with van der Waals surface area (Å²) in [4.78, 5) is 62.2. The zero-order chi connectivity index (χ0) is 35.2. The zero-order valence-corrected chi connectivity index (χ0v) is 26.6. The molecule has 0 aliphatic carbocycles. The third-order valence-corrected chi connectivity index (χ3v) is 10.1. The van der Waals surface area contributed by atoms with Gasteiger partial charge >= 0.3 is 23.5 Å². The van der Waals surface area contributed by atoms with Crippen LogP contribution >= 0.6 is 23.5 Å². The highest BCUT2D eigenvalue weighted by Gasteiger charge is 2.51. The van der Waals surface area contributed by atoms with Crippen molar-refractivity contribution in [3.05, 3.63) is 42.7 Å². The van der Waals surface area contributed by atoms with E-state index in [4.69, 9.17) is 30.0 Å². The summed E-state index contributed by atoms with van der Waals surface area (Å²) in [5, 5.41) is 31.5. The van der Waals surface area contributed by atoms with Gasteiger partial charge in [0, 0.05) is 6.07 Å². The summed E-state index contributed by atoms with van der Waals surface area (Å²) in [6, 6.07) is 2.79. The average molecular weight is 744 g/mol. The summed E-state index contributed by atoms with van der Waals surface area (Å²) in [5.74, 6) is -0.848. The number of nitrogens with two attached hydrogens (primary N) is 2. The van der Waals surface area contributed by atoms with Crippen LogP contribution in [-0.4, -0.2) is 110 Å². The van der Waals surface area contributed by atoms with E-state index in [9.17, 15) is 53.4 Å². The maximum absolute atomic E-state index is 12.6. The van der Waals surface area contributed by atoms with Gasteiger partial charge in [0.05, 0.1) is 19.5 Å². The molecule has 27 heteroatoms. The van der Waals surface area contributed by atoms with E-state index in [-0.39, 0.29) is 22.5 Å². The number of phosphoric ester groups is 3. The Balaban J connectivity index is 1.21. The molecule has 0 saturated carbocycles. The van der Waals surface area contributed by atoms with Crippen LogP contribution in [0, 0.1) is 0 Å². The van der Waals surface area contributed by atoms with Gasteiger partial charge in [-0.15, -0.1) is 0 Å². The lowest BCUT2D eigenvalue weighted by Gasteiger charge is -2.22. The topological polar surface area (TPSA) is 365 Å². The monoisotopic (exact) mass is 744 g/mol. The number of pyridine rings is 1. The number of amides is 1.